The lowest BCUT2D eigenvalue weighted by atomic mass is 10.0. The van der Waals surface area contributed by atoms with E-state index in [2.05, 4.69) is 0 Å². The summed E-state index contributed by atoms with van der Waals surface area (Å²) < 4.78 is 0. The molecule has 4 heteroatoms. The van der Waals surface area contributed by atoms with E-state index in [1.807, 2.05) is 6.92 Å². The van der Waals surface area contributed by atoms with Crippen LogP contribution >= 0.6 is 0 Å². The monoisotopic (exact) mass is 212 g/mol. The van der Waals surface area contributed by atoms with Gasteiger partial charge in [0.25, 0.3) is 0 Å². The summed E-state index contributed by atoms with van der Waals surface area (Å²) in [7, 11) is 0. The summed E-state index contributed by atoms with van der Waals surface area (Å²) in [4.78, 5) is 21.1. The molecule has 4 nitrogen and oxygen atoms in total. The number of aliphatic carboxylic acids is 2. The number of hydrogen-bond donors (Lipinski definition) is 2. The molecule has 0 saturated carbocycles. The molecule has 0 aliphatic heterocycles. The summed E-state index contributed by atoms with van der Waals surface area (Å²) in [5.74, 6) is -2.10. The molecule has 0 aliphatic carbocycles. The predicted octanol–water partition coefficient (Wildman–Crippen LogP) is 2.07. The third-order valence-electron chi connectivity index (χ3n) is 2.07. The van der Waals surface area contributed by atoms with E-state index in [0.717, 1.165) is 0 Å². The van der Waals surface area contributed by atoms with E-state index < -0.39 is 11.9 Å². The number of carboxylic acid groups (broad SMARTS) is 2. The highest BCUT2D eigenvalue weighted by Crippen LogP contribution is 2.12. The Morgan fingerprint density at radius 3 is 1.60 bits per heavy atom. The van der Waals surface area contributed by atoms with Crippen LogP contribution in [0, 0.1) is 5.92 Å². The molecule has 0 saturated heterocycles. The van der Waals surface area contributed by atoms with Crippen molar-refractivity contribution in [2.45, 2.75) is 27.2 Å². The van der Waals surface area contributed by atoms with Gasteiger partial charge < -0.3 is 10.2 Å². The maximum Gasteiger partial charge on any atom is 0.330 e. The molecule has 84 valence electrons. The lowest BCUT2D eigenvalue weighted by molar-refractivity contribution is -0.133. The van der Waals surface area contributed by atoms with Crippen LogP contribution in [0.1, 0.15) is 27.2 Å². The van der Waals surface area contributed by atoms with Crippen molar-refractivity contribution in [3.8, 4) is 0 Å². The normalized spacial score (nSPS) is 13.1. The Labute approximate surface area is 88.9 Å². The van der Waals surface area contributed by atoms with Crippen LogP contribution in [0.4, 0.5) is 0 Å². The molecule has 0 aromatic carbocycles. The van der Waals surface area contributed by atoms with Crippen LogP contribution in [0.2, 0.25) is 0 Å². The fourth-order valence-corrected chi connectivity index (χ4v) is 1.07. The number of hydrogen-bond acceptors (Lipinski definition) is 2. The van der Waals surface area contributed by atoms with Crippen molar-refractivity contribution in [2.24, 2.45) is 5.92 Å². The molecule has 0 aromatic rings. The zero-order valence-corrected chi connectivity index (χ0v) is 9.15. The zero-order chi connectivity index (χ0) is 12.0. The Kier molecular flexibility index (Phi) is 5.37. The molecule has 0 unspecified atom stereocenters. The van der Waals surface area contributed by atoms with Gasteiger partial charge >= 0.3 is 11.9 Å². The summed E-state index contributed by atoms with van der Waals surface area (Å²) in [6.07, 6.45) is 3.80. The minimum absolute atomic E-state index is 0.141. The summed E-state index contributed by atoms with van der Waals surface area (Å²) in [6.45, 7) is 4.87. The molecule has 0 rings (SSSR count). The second-order valence-corrected chi connectivity index (χ2v) is 3.38. The van der Waals surface area contributed by atoms with Crippen molar-refractivity contribution >= 4 is 11.9 Å². The van der Waals surface area contributed by atoms with E-state index in [1.54, 1.807) is 12.2 Å². The Morgan fingerprint density at radius 2 is 1.40 bits per heavy atom. The fourth-order valence-electron chi connectivity index (χ4n) is 1.07. The van der Waals surface area contributed by atoms with Gasteiger partial charge in [0.05, 0.1) is 0 Å². The van der Waals surface area contributed by atoms with Gasteiger partial charge in [-0.05, 0) is 26.2 Å². The minimum atomic E-state index is -0.977. The highest BCUT2D eigenvalue weighted by atomic mass is 16.4. The van der Waals surface area contributed by atoms with E-state index in [9.17, 15) is 9.59 Å². The number of carbonyl (C=O) groups is 2. The summed E-state index contributed by atoms with van der Waals surface area (Å²) in [5.41, 5.74) is 0.465. The molecule has 0 spiro atoms. The fraction of sp³-hybridized carbons (Fsp3) is 0.455. The van der Waals surface area contributed by atoms with Crippen LogP contribution in [-0.2, 0) is 9.59 Å². The first-order chi connectivity index (χ1) is 6.88. The molecular formula is C11H16O4. The van der Waals surface area contributed by atoms with Crippen LogP contribution < -0.4 is 0 Å². The van der Waals surface area contributed by atoms with Crippen molar-refractivity contribution < 1.29 is 19.8 Å². The zero-order valence-electron chi connectivity index (χ0n) is 9.15. The standard InChI is InChI=1S/C11H16O4/c1-4-9(5-7(2)10(12)13)6-8(3)11(14)15/h5-6,9H,4H2,1-3H3,(H,12,13)(H,14,15)/b7-5+,8-6+. The Balaban J connectivity index is 4.80. The van der Waals surface area contributed by atoms with Gasteiger partial charge in [-0.15, -0.1) is 0 Å². The van der Waals surface area contributed by atoms with Crippen LogP contribution in [0.15, 0.2) is 23.3 Å². The third kappa shape index (κ3) is 5.00. The second-order valence-electron chi connectivity index (χ2n) is 3.38. The first kappa shape index (κ1) is 13.4. The van der Waals surface area contributed by atoms with Crippen molar-refractivity contribution in [3.63, 3.8) is 0 Å². The van der Waals surface area contributed by atoms with E-state index in [1.165, 1.54) is 13.8 Å². The van der Waals surface area contributed by atoms with Gasteiger partial charge in [-0.25, -0.2) is 9.59 Å². The molecule has 15 heavy (non-hydrogen) atoms. The minimum Gasteiger partial charge on any atom is -0.478 e. The first-order valence-corrected chi connectivity index (χ1v) is 4.71. The molecule has 0 atom stereocenters. The van der Waals surface area contributed by atoms with Gasteiger partial charge in [-0.2, -0.15) is 0 Å². The Bertz CT molecular complexity index is 283. The van der Waals surface area contributed by atoms with E-state index in [0.29, 0.717) is 6.42 Å². The molecule has 0 aliphatic rings. The molecule has 0 fully saturated rings. The highest BCUT2D eigenvalue weighted by molar-refractivity contribution is 5.87. The van der Waals surface area contributed by atoms with Gasteiger partial charge in [-0.3, -0.25) is 0 Å². The molecule has 0 radical (unpaired) electrons. The summed E-state index contributed by atoms with van der Waals surface area (Å²) in [5, 5.41) is 17.3. The average molecular weight is 212 g/mol. The van der Waals surface area contributed by atoms with Crippen LogP contribution in [-0.4, -0.2) is 22.2 Å². The van der Waals surface area contributed by atoms with Crippen molar-refractivity contribution in [2.75, 3.05) is 0 Å². The highest BCUT2D eigenvalue weighted by Gasteiger charge is 2.07. The molecule has 2 N–H and O–H groups in total. The van der Waals surface area contributed by atoms with Crippen LogP contribution in [0.5, 0.6) is 0 Å². The second kappa shape index (κ2) is 6.01. The quantitative estimate of drug-likeness (QED) is 0.684. The molecule has 0 amide bonds. The third-order valence-corrected chi connectivity index (χ3v) is 2.07. The SMILES string of the molecule is CCC(/C=C(\C)C(=O)O)/C=C(\C)C(=O)O. The number of carboxylic acids is 2. The van der Waals surface area contributed by atoms with Crippen molar-refractivity contribution in [3.05, 3.63) is 23.3 Å². The molecular weight excluding hydrogens is 196 g/mol. The average Bonchev–Trinajstić information content (AvgIpc) is 2.15. The lowest BCUT2D eigenvalue weighted by Gasteiger charge is -2.05. The lowest BCUT2D eigenvalue weighted by Crippen LogP contribution is -2.03. The summed E-state index contributed by atoms with van der Waals surface area (Å²) in [6, 6.07) is 0. The summed E-state index contributed by atoms with van der Waals surface area (Å²) >= 11 is 0. The largest absolute Gasteiger partial charge is 0.478 e. The number of allylic oxidation sites excluding steroid dienone is 2. The molecule has 0 aromatic heterocycles. The topological polar surface area (TPSA) is 74.6 Å². The van der Waals surface area contributed by atoms with Gasteiger partial charge in [0.1, 0.15) is 0 Å². The molecule has 0 heterocycles. The van der Waals surface area contributed by atoms with Crippen molar-refractivity contribution in [1.82, 2.24) is 0 Å². The van der Waals surface area contributed by atoms with Crippen LogP contribution in [0.25, 0.3) is 0 Å². The van der Waals surface area contributed by atoms with E-state index in [4.69, 9.17) is 10.2 Å². The van der Waals surface area contributed by atoms with Gasteiger partial charge in [0, 0.05) is 11.1 Å². The van der Waals surface area contributed by atoms with Gasteiger partial charge in [0.15, 0.2) is 0 Å². The Morgan fingerprint density at radius 1 is 1.07 bits per heavy atom. The molecule has 0 bridgehead atoms. The van der Waals surface area contributed by atoms with Gasteiger partial charge in [0.2, 0.25) is 0 Å². The van der Waals surface area contributed by atoms with Gasteiger partial charge in [-0.1, -0.05) is 19.1 Å². The smallest absolute Gasteiger partial charge is 0.330 e. The van der Waals surface area contributed by atoms with Crippen molar-refractivity contribution in [1.29, 1.82) is 0 Å². The van der Waals surface area contributed by atoms with E-state index >= 15 is 0 Å². The van der Waals surface area contributed by atoms with Crippen LogP contribution in [0.3, 0.4) is 0 Å². The predicted molar refractivity (Wildman–Crippen MR) is 56.6 cm³/mol. The Hall–Kier alpha value is -1.58. The number of rotatable bonds is 5. The first-order valence-electron chi connectivity index (χ1n) is 4.71. The van der Waals surface area contributed by atoms with E-state index in [-0.39, 0.29) is 17.1 Å². The maximum atomic E-state index is 10.6. The maximum absolute atomic E-state index is 10.6.